The molecule has 16 heavy (non-hydrogen) atoms. The number of carbonyl (C=O) groups excluding carboxylic acids is 1. The lowest BCUT2D eigenvalue weighted by Gasteiger charge is -2.46. The van der Waals surface area contributed by atoms with Crippen molar-refractivity contribution in [3.8, 4) is 0 Å². The highest BCUT2D eigenvalue weighted by Gasteiger charge is 2.59. The average Bonchev–Trinajstić information content (AvgIpc) is 2.44. The fourth-order valence-corrected chi connectivity index (χ4v) is 3.17. The second kappa shape index (κ2) is 4.00. The predicted molar refractivity (Wildman–Crippen MR) is 60.1 cm³/mol. The van der Waals surface area contributed by atoms with Crippen molar-refractivity contribution < 1.29 is 14.3 Å². The van der Waals surface area contributed by atoms with Crippen LogP contribution in [0.5, 0.6) is 0 Å². The summed E-state index contributed by atoms with van der Waals surface area (Å²) >= 11 is 0. The first kappa shape index (κ1) is 11.9. The van der Waals surface area contributed by atoms with Gasteiger partial charge in [-0.1, -0.05) is 13.8 Å². The van der Waals surface area contributed by atoms with Crippen LogP contribution in [0.15, 0.2) is 0 Å². The maximum Gasteiger partial charge on any atom is 0.224 e. The zero-order valence-corrected chi connectivity index (χ0v) is 10.3. The van der Waals surface area contributed by atoms with E-state index in [0.29, 0.717) is 6.61 Å². The molecule has 4 nitrogen and oxygen atoms in total. The van der Waals surface area contributed by atoms with Gasteiger partial charge in [0, 0.05) is 31.7 Å². The molecule has 2 fully saturated rings. The summed E-state index contributed by atoms with van der Waals surface area (Å²) in [6.07, 6.45) is 1.78. The highest BCUT2D eigenvalue weighted by molar-refractivity contribution is 5.83. The van der Waals surface area contributed by atoms with Crippen molar-refractivity contribution in [1.29, 1.82) is 0 Å². The monoisotopic (exact) mass is 227 g/mol. The number of nitrogens with one attached hydrogen (secondary N) is 1. The van der Waals surface area contributed by atoms with E-state index in [-0.39, 0.29) is 22.8 Å². The standard InChI is InChI=1S/C12H21NO3/c1-9-10(14)13-12(4-6-16-7-5-12)11(9,2)8-15-3/h9H,4-8H2,1-3H3,(H,13,14). The average molecular weight is 227 g/mol. The van der Waals surface area contributed by atoms with E-state index in [9.17, 15) is 4.79 Å². The Hall–Kier alpha value is -0.610. The Morgan fingerprint density at radius 2 is 2.12 bits per heavy atom. The molecule has 0 saturated carbocycles. The van der Waals surface area contributed by atoms with Crippen LogP contribution in [-0.4, -0.2) is 38.4 Å². The number of carbonyl (C=O) groups is 1. The van der Waals surface area contributed by atoms with Crippen LogP contribution in [0.1, 0.15) is 26.7 Å². The lowest BCUT2D eigenvalue weighted by Crippen LogP contribution is -2.56. The van der Waals surface area contributed by atoms with E-state index in [4.69, 9.17) is 9.47 Å². The third-order valence-electron chi connectivity index (χ3n) is 4.60. The minimum atomic E-state index is -0.127. The van der Waals surface area contributed by atoms with Crippen LogP contribution in [0.25, 0.3) is 0 Å². The molecule has 2 aliphatic heterocycles. The van der Waals surface area contributed by atoms with Crippen molar-refractivity contribution in [1.82, 2.24) is 5.32 Å². The van der Waals surface area contributed by atoms with Gasteiger partial charge in [-0.25, -0.2) is 0 Å². The van der Waals surface area contributed by atoms with E-state index >= 15 is 0 Å². The van der Waals surface area contributed by atoms with E-state index < -0.39 is 0 Å². The molecule has 4 heteroatoms. The number of hydrogen-bond donors (Lipinski definition) is 1. The van der Waals surface area contributed by atoms with Crippen LogP contribution in [0.3, 0.4) is 0 Å². The van der Waals surface area contributed by atoms with Crippen LogP contribution < -0.4 is 5.32 Å². The largest absolute Gasteiger partial charge is 0.384 e. The van der Waals surface area contributed by atoms with Crippen molar-refractivity contribution >= 4 is 5.91 Å². The number of amides is 1. The number of methoxy groups -OCH3 is 1. The Balaban J connectivity index is 2.31. The Kier molecular flexibility index (Phi) is 2.97. The zero-order chi connectivity index (χ0) is 11.8. The Labute approximate surface area is 96.7 Å². The molecule has 2 heterocycles. The van der Waals surface area contributed by atoms with Gasteiger partial charge in [0.2, 0.25) is 5.91 Å². The predicted octanol–water partition coefficient (Wildman–Crippen LogP) is 0.954. The van der Waals surface area contributed by atoms with Gasteiger partial charge in [0.1, 0.15) is 0 Å². The molecule has 0 aromatic heterocycles. The molecule has 0 aromatic carbocycles. The summed E-state index contributed by atoms with van der Waals surface area (Å²) in [5.41, 5.74) is -0.250. The molecule has 0 radical (unpaired) electrons. The molecule has 1 N–H and O–H groups in total. The zero-order valence-electron chi connectivity index (χ0n) is 10.3. The van der Waals surface area contributed by atoms with Gasteiger partial charge in [-0.3, -0.25) is 4.79 Å². The molecular weight excluding hydrogens is 206 g/mol. The number of hydrogen-bond acceptors (Lipinski definition) is 3. The van der Waals surface area contributed by atoms with Gasteiger partial charge >= 0.3 is 0 Å². The smallest absolute Gasteiger partial charge is 0.224 e. The molecule has 2 atom stereocenters. The van der Waals surface area contributed by atoms with Crippen molar-refractivity contribution in [3.63, 3.8) is 0 Å². The fourth-order valence-electron chi connectivity index (χ4n) is 3.17. The first-order valence-corrected chi connectivity index (χ1v) is 5.94. The molecular formula is C12H21NO3. The second-order valence-electron chi connectivity index (χ2n) is 5.26. The highest BCUT2D eigenvalue weighted by Crippen LogP contribution is 2.49. The van der Waals surface area contributed by atoms with Crippen LogP contribution >= 0.6 is 0 Å². The fraction of sp³-hybridized carbons (Fsp3) is 0.917. The third kappa shape index (κ3) is 1.47. The summed E-state index contributed by atoms with van der Waals surface area (Å²) in [6.45, 7) is 6.23. The van der Waals surface area contributed by atoms with Gasteiger partial charge in [-0.15, -0.1) is 0 Å². The van der Waals surface area contributed by atoms with Crippen LogP contribution in [0.2, 0.25) is 0 Å². The minimum absolute atomic E-state index is 0.00514. The van der Waals surface area contributed by atoms with E-state index in [0.717, 1.165) is 26.1 Å². The minimum Gasteiger partial charge on any atom is -0.384 e. The lowest BCUT2D eigenvalue weighted by atomic mass is 9.64. The maximum absolute atomic E-state index is 11.9. The van der Waals surface area contributed by atoms with Gasteiger partial charge in [0.25, 0.3) is 0 Å². The van der Waals surface area contributed by atoms with Gasteiger partial charge in [0.05, 0.1) is 12.1 Å². The highest BCUT2D eigenvalue weighted by atomic mass is 16.5. The Morgan fingerprint density at radius 1 is 1.50 bits per heavy atom. The van der Waals surface area contributed by atoms with Gasteiger partial charge < -0.3 is 14.8 Å². The summed E-state index contributed by atoms with van der Waals surface area (Å²) in [6, 6.07) is 0. The maximum atomic E-state index is 11.9. The van der Waals surface area contributed by atoms with Crippen molar-refractivity contribution in [2.75, 3.05) is 26.9 Å². The summed E-state index contributed by atoms with van der Waals surface area (Å²) in [5.74, 6) is 0.159. The molecule has 2 unspecified atom stereocenters. The SMILES string of the molecule is COCC1(C)C(C)C(=O)NC12CCOCC2. The molecule has 2 rings (SSSR count). The van der Waals surface area contributed by atoms with Crippen molar-refractivity contribution in [2.24, 2.45) is 11.3 Å². The van der Waals surface area contributed by atoms with Gasteiger partial charge in [-0.2, -0.15) is 0 Å². The molecule has 0 aromatic rings. The van der Waals surface area contributed by atoms with Crippen LogP contribution in [0, 0.1) is 11.3 Å². The second-order valence-corrected chi connectivity index (χ2v) is 5.26. The molecule has 1 spiro atoms. The molecule has 92 valence electrons. The van der Waals surface area contributed by atoms with E-state index in [1.54, 1.807) is 7.11 Å². The van der Waals surface area contributed by atoms with Crippen molar-refractivity contribution in [3.05, 3.63) is 0 Å². The lowest BCUT2D eigenvalue weighted by molar-refractivity contribution is -0.123. The quantitative estimate of drug-likeness (QED) is 0.764. The summed E-state index contributed by atoms with van der Waals surface area (Å²) in [7, 11) is 1.70. The topological polar surface area (TPSA) is 47.6 Å². The summed E-state index contributed by atoms with van der Waals surface area (Å²) < 4.78 is 10.7. The van der Waals surface area contributed by atoms with E-state index in [1.807, 2.05) is 6.92 Å². The molecule has 2 saturated heterocycles. The van der Waals surface area contributed by atoms with Gasteiger partial charge in [-0.05, 0) is 12.8 Å². The Morgan fingerprint density at radius 3 is 2.69 bits per heavy atom. The third-order valence-corrected chi connectivity index (χ3v) is 4.60. The number of ether oxygens (including phenoxy) is 2. The first-order chi connectivity index (χ1) is 7.56. The van der Waals surface area contributed by atoms with Crippen molar-refractivity contribution in [2.45, 2.75) is 32.2 Å². The molecule has 0 aliphatic carbocycles. The van der Waals surface area contributed by atoms with E-state index in [2.05, 4.69) is 12.2 Å². The van der Waals surface area contributed by atoms with E-state index in [1.165, 1.54) is 0 Å². The van der Waals surface area contributed by atoms with Crippen LogP contribution in [0.4, 0.5) is 0 Å². The Bertz CT molecular complexity index is 283. The first-order valence-electron chi connectivity index (χ1n) is 5.94. The number of rotatable bonds is 2. The van der Waals surface area contributed by atoms with Gasteiger partial charge in [0.15, 0.2) is 0 Å². The normalized spacial score (nSPS) is 37.7. The van der Waals surface area contributed by atoms with Crippen LogP contribution in [-0.2, 0) is 14.3 Å². The summed E-state index contributed by atoms with van der Waals surface area (Å²) in [4.78, 5) is 11.9. The molecule has 0 bridgehead atoms. The molecule has 1 amide bonds. The summed E-state index contributed by atoms with van der Waals surface area (Å²) in [5, 5.41) is 3.20. The molecule has 2 aliphatic rings.